The molecule has 0 spiro atoms. The van der Waals surface area contributed by atoms with Gasteiger partial charge in [-0.25, -0.2) is 4.79 Å². The summed E-state index contributed by atoms with van der Waals surface area (Å²) in [6.45, 7) is 2.43. The largest absolute Gasteiger partial charge is 0.481 e. The Balaban J connectivity index is 1.29. The van der Waals surface area contributed by atoms with Crippen LogP contribution in [0.5, 0.6) is 0 Å². The third kappa shape index (κ3) is 6.34. The molecule has 0 bridgehead atoms. The molecule has 0 radical (unpaired) electrons. The van der Waals surface area contributed by atoms with E-state index in [0.29, 0.717) is 24.2 Å². The van der Waals surface area contributed by atoms with Gasteiger partial charge in [0, 0.05) is 36.6 Å². The van der Waals surface area contributed by atoms with E-state index < -0.39 is 12.1 Å². The maximum absolute atomic E-state index is 13.7. The molecule has 214 valence electrons. The van der Waals surface area contributed by atoms with Crippen molar-refractivity contribution in [1.29, 1.82) is 0 Å². The number of carboxylic acids is 1. The van der Waals surface area contributed by atoms with E-state index in [2.05, 4.69) is 10.6 Å². The van der Waals surface area contributed by atoms with E-state index in [9.17, 15) is 19.5 Å². The molecule has 2 atom stereocenters. The molecule has 0 fully saturated rings. The van der Waals surface area contributed by atoms with Crippen molar-refractivity contribution in [3.8, 4) is 0 Å². The molecule has 0 aliphatic carbocycles. The predicted octanol–water partition coefficient (Wildman–Crippen LogP) is 6.52. The Morgan fingerprint density at radius 1 is 0.857 bits per heavy atom. The van der Waals surface area contributed by atoms with Crippen LogP contribution in [0.15, 0.2) is 97.1 Å². The molecule has 3 N–H and O–H groups in total. The number of methoxy groups -OCH3 is 1. The van der Waals surface area contributed by atoms with Crippen LogP contribution < -0.4 is 15.5 Å². The van der Waals surface area contributed by atoms with Gasteiger partial charge in [0.2, 0.25) is 0 Å². The van der Waals surface area contributed by atoms with Crippen LogP contribution in [0.1, 0.15) is 46.3 Å². The molecule has 1 heterocycles. The number of benzene rings is 4. The number of carboxylic acid groups (broad SMARTS) is 1. The highest BCUT2D eigenvalue weighted by molar-refractivity contribution is 6.01. The molecule has 0 saturated heterocycles. The van der Waals surface area contributed by atoms with E-state index in [1.54, 1.807) is 29.2 Å². The molecule has 0 aromatic heterocycles. The van der Waals surface area contributed by atoms with Crippen molar-refractivity contribution >= 4 is 35.0 Å². The average Bonchev–Trinajstić information content (AvgIpc) is 3.42. The first-order valence-electron chi connectivity index (χ1n) is 13.8. The molecule has 8 heteroatoms. The van der Waals surface area contributed by atoms with Crippen molar-refractivity contribution in [2.75, 3.05) is 29.2 Å². The lowest BCUT2D eigenvalue weighted by Crippen LogP contribution is -2.34. The molecule has 1 aliphatic rings. The smallest absolute Gasteiger partial charge is 0.323 e. The van der Waals surface area contributed by atoms with Crippen LogP contribution in [0.2, 0.25) is 0 Å². The van der Waals surface area contributed by atoms with E-state index in [4.69, 9.17) is 4.74 Å². The highest BCUT2D eigenvalue weighted by Crippen LogP contribution is 2.36. The maximum Gasteiger partial charge on any atom is 0.323 e. The minimum Gasteiger partial charge on any atom is -0.481 e. The fourth-order valence-corrected chi connectivity index (χ4v) is 5.42. The van der Waals surface area contributed by atoms with Gasteiger partial charge < -0.3 is 25.4 Å². The van der Waals surface area contributed by atoms with E-state index in [0.717, 1.165) is 33.6 Å². The molecule has 8 nitrogen and oxygen atoms in total. The van der Waals surface area contributed by atoms with E-state index in [-0.39, 0.29) is 24.3 Å². The zero-order valence-electron chi connectivity index (χ0n) is 23.5. The predicted molar refractivity (Wildman–Crippen MR) is 163 cm³/mol. The number of nitrogens with one attached hydrogen (secondary N) is 2. The molecule has 0 saturated carbocycles. The Labute approximate surface area is 244 Å². The quantitative estimate of drug-likeness (QED) is 0.215. The Morgan fingerprint density at radius 3 is 2.24 bits per heavy atom. The van der Waals surface area contributed by atoms with Crippen molar-refractivity contribution in [2.24, 2.45) is 0 Å². The summed E-state index contributed by atoms with van der Waals surface area (Å²) >= 11 is 0. The lowest BCUT2D eigenvalue weighted by molar-refractivity contribution is -0.137. The molecular weight excluding hydrogens is 530 g/mol. The SMILES string of the molecule is COC(C(=O)N1CCc2cc([C@@H](CC(=O)O)c3ccccc3)ccc21)c1ccc(NC(=O)Nc2ccccc2C)cc1. The van der Waals surface area contributed by atoms with Crippen LogP contribution in [-0.4, -0.2) is 36.7 Å². The van der Waals surface area contributed by atoms with Gasteiger partial charge in [0.25, 0.3) is 5.91 Å². The molecule has 4 aromatic rings. The third-order valence-electron chi connectivity index (χ3n) is 7.57. The molecule has 42 heavy (non-hydrogen) atoms. The number of amides is 3. The van der Waals surface area contributed by atoms with Crippen LogP contribution in [0.4, 0.5) is 21.9 Å². The number of aliphatic carboxylic acids is 1. The van der Waals surface area contributed by atoms with Crippen molar-refractivity contribution in [2.45, 2.75) is 31.8 Å². The number of rotatable bonds is 9. The van der Waals surface area contributed by atoms with Crippen molar-refractivity contribution in [3.63, 3.8) is 0 Å². The zero-order valence-corrected chi connectivity index (χ0v) is 23.5. The van der Waals surface area contributed by atoms with Crippen molar-refractivity contribution in [3.05, 3.63) is 125 Å². The minimum absolute atomic E-state index is 0.0183. The summed E-state index contributed by atoms with van der Waals surface area (Å²) in [5.74, 6) is -1.33. The van der Waals surface area contributed by atoms with E-state index >= 15 is 0 Å². The molecule has 3 amide bonds. The summed E-state index contributed by atoms with van der Waals surface area (Å²) < 4.78 is 5.65. The number of hydrogen-bond acceptors (Lipinski definition) is 4. The normalized spacial score (nSPS) is 13.6. The lowest BCUT2D eigenvalue weighted by Gasteiger charge is -2.24. The number of para-hydroxylation sites is 1. The van der Waals surface area contributed by atoms with Crippen molar-refractivity contribution < 1.29 is 24.2 Å². The van der Waals surface area contributed by atoms with Gasteiger partial charge in [0.05, 0.1) is 6.42 Å². The van der Waals surface area contributed by atoms with Gasteiger partial charge in [-0.2, -0.15) is 0 Å². The summed E-state index contributed by atoms with van der Waals surface area (Å²) in [4.78, 5) is 39.5. The number of hydrogen-bond donors (Lipinski definition) is 3. The van der Waals surface area contributed by atoms with Crippen LogP contribution in [0, 0.1) is 6.92 Å². The lowest BCUT2D eigenvalue weighted by atomic mass is 9.87. The number of aryl methyl sites for hydroxylation is 1. The highest BCUT2D eigenvalue weighted by atomic mass is 16.5. The van der Waals surface area contributed by atoms with E-state index in [1.165, 1.54) is 7.11 Å². The summed E-state index contributed by atoms with van der Waals surface area (Å²) in [7, 11) is 1.50. The number of urea groups is 1. The summed E-state index contributed by atoms with van der Waals surface area (Å²) in [6, 6.07) is 29.6. The second-order valence-electron chi connectivity index (χ2n) is 10.3. The van der Waals surface area contributed by atoms with Gasteiger partial charge in [-0.3, -0.25) is 9.59 Å². The first-order chi connectivity index (χ1) is 20.3. The van der Waals surface area contributed by atoms with E-state index in [1.807, 2.05) is 79.7 Å². The fourth-order valence-electron chi connectivity index (χ4n) is 5.42. The van der Waals surface area contributed by atoms with Gasteiger partial charge in [-0.05, 0) is 65.4 Å². The number of nitrogens with zero attached hydrogens (tertiary/aromatic N) is 1. The van der Waals surface area contributed by atoms with Crippen molar-refractivity contribution in [1.82, 2.24) is 0 Å². The number of ether oxygens (including phenoxy) is 1. The zero-order chi connectivity index (χ0) is 29.6. The Kier molecular flexibility index (Phi) is 8.64. The molecule has 4 aromatic carbocycles. The number of fused-ring (bicyclic) bond motifs is 1. The third-order valence-corrected chi connectivity index (χ3v) is 7.57. The van der Waals surface area contributed by atoms with Crippen LogP contribution in [0.3, 0.4) is 0 Å². The Hall–Kier alpha value is -4.95. The van der Waals surface area contributed by atoms with Crippen LogP contribution in [0.25, 0.3) is 0 Å². The van der Waals surface area contributed by atoms with Gasteiger partial charge in [0.1, 0.15) is 0 Å². The van der Waals surface area contributed by atoms with Crippen LogP contribution in [-0.2, 0) is 20.7 Å². The maximum atomic E-state index is 13.7. The second kappa shape index (κ2) is 12.7. The fraction of sp³-hybridized carbons (Fsp3) is 0.206. The van der Waals surface area contributed by atoms with Gasteiger partial charge in [-0.15, -0.1) is 0 Å². The Bertz CT molecular complexity index is 1590. The minimum atomic E-state index is -0.864. The summed E-state index contributed by atoms with van der Waals surface area (Å²) in [6.07, 6.45) is -0.177. The Morgan fingerprint density at radius 2 is 1.55 bits per heavy atom. The number of anilines is 3. The topological polar surface area (TPSA) is 108 Å². The number of carbonyl (C=O) groups excluding carboxylic acids is 2. The van der Waals surface area contributed by atoms with Gasteiger partial charge >= 0.3 is 12.0 Å². The number of carbonyl (C=O) groups is 3. The van der Waals surface area contributed by atoms with Crippen LogP contribution >= 0.6 is 0 Å². The van der Waals surface area contributed by atoms with Gasteiger partial charge in [-0.1, -0.05) is 72.8 Å². The standard InChI is InChI=1S/C34H33N3O5/c1-22-8-6-7-11-29(22)36-34(41)35-27-15-12-24(13-16-27)32(42-2)33(40)37-19-18-26-20-25(14-17-30(26)37)28(21-31(38)39)23-9-4-3-5-10-23/h3-17,20,28,32H,18-19,21H2,1-2H3,(H,38,39)(H2,35,36,41)/t28-,32?/m0/s1. The molecule has 1 aliphatic heterocycles. The molecule has 5 rings (SSSR count). The summed E-state index contributed by atoms with van der Waals surface area (Å²) in [5.41, 5.74) is 6.60. The highest BCUT2D eigenvalue weighted by Gasteiger charge is 2.32. The van der Waals surface area contributed by atoms with Gasteiger partial charge in [0.15, 0.2) is 6.10 Å². The first kappa shape index (κ1) is 28.6. The first-order valence-corrected chi connectivity index (χ1v) is 13.8. The monoisotopic (exact) mass is 563 g/mol. The summed E-state index contributed by atoms with van der Waals surface area (Å²) in [5, 5.41) is 15.2. The molecular formula is C34H33N3O5. The average molecular weight is 564 g/mol. The molecule has 1 unspecified atom stereocenters. The second-order valence-corrected chi connectivity index (χ2v) is 10.3.